The van der Waals surface area contributed by atoms with Crippen molar-refractivity contribution in [1.82, 2.24) is 0 Å². The first-order valence-electron chi connectivity index (χ1n) is 7.99. The number of halogens is 9. The van der Waals surface area contributed by atoms with Crippen molar-refractivity contribution < 1.29 is 49.4 Å². The molecule has 0 aromatic heterocycles. The molecule has 0 saturated heterocycles. The topological polar surface area (TPSA) is 29.5 Å². The van der Waals surface area contributed by atoms with Gasteiger partial charge in [0.1, 0.15) is 11.4 Å². The van der Waals surface area contributed by atoms with Gasteiger partial charge in [-0.05, 0) is 38.5 Å². The van der Waals surface area contributed by atoms with Crippen LogP contribution in [0.3, 0.4) is 0 Å². The molecule has 2 nitrogen and oxygen atoms in total. The van der Waals surface area contributed by atoms with Crippen LogP contribution in [-0.2, 0) is 0 Å². The van der Waals surface area contributed by atoms with Crippen molar-refractivity contribution >= 4 is 0 Å². The van der Waals surface area contributed by atoms with Gasteiger partial charge in [0.05, 0.1) is 6.10 Å². The van der Waals surface area contributed by atoms with Gasteiger partial charge < -0.3 is 9.84 Å². The van der Waals surface area contributed by atoms with E-state index in [1.54, 1.807) is 20.8 Å². The summed E-state index contributed by atoms with van der Waals surface area (Å²) < 4.78 is 128. The highest BCUT2D eigenvalue weighted by atomic mass is 19.4. The lowest BCUT2D eigenvalue weighted by Gasteiger charge is -2.32. The highest BCUT2D eigenvalue weighted by Crippen LogP contribution is 2.70. The summed E-state index contributed by atoms with van der Waals surface area (Å²) in [6.45, 7) is 4.86. The molecule has 0 bridgehead atoms. The van der Waals surface area contributed by atoms with E-state index in [4.69, 9.17) is 4.74 Å². The first-order chi connectivity index (χ1) is 12.3. The fourth-order valence-electron chi connectivity index (χ4n) is 2.87. The molecule has 0 radical (unpaired) electrons. The van der Waals surface area contributed by atoms with Crippen LogP contribution in [0.2, 0.25) is 0 Å². The minimum atomic E-state index is -6.66. The van der Waals surface area contributed by atoms with Crippen LogP contribution >= 0.6 is 0 Å². The van der Waals surface area contributed by atoms with Crippen LogP contribution in [0.25, 0.3) is 0 Å². The van der Waals surface area contributed by atoms with Gasteiger partial charge in [-0.15, -0.1) is 0 Å². The summed E-state index contributed by atoms with van der Waals surface area (Å²) in [7, 11) is 0. The van der Waals surface area contributed by atoms with Crippen LogP contribution in [0.15, 0.2) is 24.3 Å². The van der Waals surface area contributed by atoms with Crippen molar-refractivity contribution in [3.05, 3.63) is 29.8 Å². The van der Waals surface area contributed by atoms with Crippen molar-refractivity contribution in [2.75, 3.05) is 0 Å². The Morgan fingerprint density at radius 1 is 0.857 bits per heavy atom. The van der Waals surface area contributed by atoms with Gasteiger partial charge in [-0.25, -0.2) is 4.39 Å². The number of alkyl halides is 9. The number of aliphatic hydroxyl groups is 1. The van der Waals surface area contributed by atoms with E-state index < -0.39 is 53.0 Å². The Balaban J connectivity index is 2.42. The van der Waals surface area contributed by atoms with Crippen molar-refractivity contribution in [2.45, 2.75) is 68.3 Å². The summed E-state index contributed by atoms with van der Waals surface area (Å²) in [6, 6.07) is 4.50. The molecule has 1 atom stereocenters. The number of hydrogen-bond donors (Lipinski definition) is 1. The first kappa shape index (κ1) is 22.6. The second-order valence-electron chi connectivity index (χ2n) is 7.61. The molecule has 1 fully saturated rings. The van der Waals surface area contributed by atoms with E-state index in [-0.39, 0.29) is 5.75 Å². The maximum Gasteiger partial charge on any atom is 0.381 e. The second-order valence-corrected chi connectivity index (χ2v) is 7.61. The SMILES string of the molecule is CC(C)(C)Oc1cccc(C(O)CC2(F)C(F)(F)C(F)(F)C(F)(F)C2(F)F)c1. The Hall–Kier alpha value is -1.65. The fourth-order valence-corrected chi connectivity index (χ4v) is 2.87. The van der Waals surface area contributed by atoms with E-state index in [1.807, 2.05) is 0 Å². The molecule has 160 valence electrons. The van der Waals surface area contributed by atoms with Gasteiger partial charge in [0, 0.05) is 6.42 Å². The molecule has 1 aromatic rings. The van der Waals surface area contributed by atoms with Crippen LogP contribution < -0.4 is 4.74 Å². The van der Waals surface area contributed by atoms with Crippen LogP contribution in [0.4, 0.5) is 39.5 Å². The van der Waals surface area contributed by atoms with Crippen molar-refractivity contribution in [2.24, 2.45) is 0 Å². The standard InChI is InChI=1S/C17H17F9O2/c1-12(2,3)28-10-6-4-5-9(7-10)11(27)8-13(18)14(19,20)16(23,24)17(25,26)15(13,21)22/h4-7,11,27H,8H2,1-3H3. The zero-order valence-corrected chi connectivity index (χ0v) is 14.9. The number of ether oxygens (including phenoxy) is 1. The van der Waals surface area contributed by atoms with Gasteiger partial charge in [0.2, 0.25) is 0 Å². The highest BCUT2D eigenvalue weighted by molar-refractivity contribution is 5.33. The molecule has 1 N–H and O–H groups in total. The molecular formula is C17H17F9O2. The maximum atomic E-state index is 14.5. The zero-order chi connectivity index (χ0) is 22.0. The van der Waals surface area contributed by atoms with Crippen LogP contribution in [0, 0.1) is 0 Å². The van der Waals surface area contributed by atoms with Gasteiger partial charge in [-0.3, -0.25) is 0 Å². The Bertz CT molecular complexity index is 714. The third-order valence-electron chi connectivity index (χ3n) is 4.32. The first-order valence-corrected chi connectivity index (χ1v) is 7.99. The van der Waals surface area contributed by atoms with Gasteiger partial charge in [-0.2, -0.15) is 35.1 Å². The number of aliphatic hydroxyl groups excluding tert-OH is 1. The minimum Gasteiger partial charge on any atom is -0.488 e. The van der Waals surface area contributed by atoms with E-state index in [0.717, 1.165) is 12.1 Å². The molecule has 0 heterocycles. The summed E-state index contributed by atoms with van der Waals surface area (Å²) >= 11 is 0. The minimum absolute atomic E-state index is 0.0255. The Labute approximate surface area is 154 Å². The average Bonchev–Trinajstić information content (AvgIpc) is 2.56. The summed E-state index contributed by atoms with van der Waals surface area (Å²) in [4.78, 5) is 0. The van der Waals surface area contributed by atoms with E-state index in [1.165, 1.54) is 12.1 Å². The Morgan fingerprint density at radius 2 is 1.32 bits per heavy atom. The van der Waals surface area contributed by atoms with Gasteiger partial charge in [-0.1, -0.05) is 12.1 Å². The molecule has 0 spiro atoms. The van der Waals surface area contributed by atoms with Crippen LogP contribution in [0.1, 0.15) is 38.9 Å². The Morgan fingerprint density at radius 3 is 1.75 bits per heavy atom. The van der Waals surface area contributed by atoms with E-state index >= 15 is 0 Å². The summed E-state index contributed by atoms with van der Waals surface area (Å²) in [5.41, 5.74) is -6.92. The van der Waals surface area contributed by atoms with Gasteiger partial charge in [0.25, 0.3) is 5.67 Å². The maximum absolute atomic E-state index is 14.5. The van der Waals surface area contributed by atoms with Crippen LogP contribution in [0.5, 0.6) is 5.75 Å². The second kappa shape index (κ2) is 6.17. The molecule has 11 heteroatoms. The smallest absolute Gasteiger partial charge is 0.381 e. The number of rotatable bonds is 4. The lowest BCUT2D eigenvalue weighted by atomic mass is 9.88. The average molecular weight is 424 g/mol. The lowest BCUT2D eigenvalue weighted by molar-refractivity contribution is -0.303. The summed E-state index contributed by atoms with van der Waals surface area (Å²) in [5.74, 6) is -26.2. The summed E-state index contributed by atoms with van der Waals surface area (Å²) in [5, 5.41) is 9.92. The quantitative estimate of drug-likeness (QED) is 0.643. The van der Waals surface area contributed by atoms with E-state index in [9.17, 15) is 44.6 Å². The van der Waals surface area contributed by atoms with Crippen LogP contribution in [-0.4, -0.2) is 40.1 Å². The molecule has 1 saturated carbocycles. The van der Waals surface area contributed by atoms with Gasteiger partial charge >= 0.3 is 23.7 Å². The molecule has 1 unspecified atom stereocenters. The van der Waals surface area contributed by atoms with Gasteiger partial charge in [0.15, 0.2) is 0 Å². The van der Waals surface area contributed by atoms with Crippen molar-refractivity contribution in [1.29, 1.82) is 0 Å². The summed E-state index contributed by atoms with van der Waals surface area (Å²) in [6.07, 6.45) is -4.91. The molecule has 1 aliphatic carbocycles. The monoisotopic (exact) mass is 424 g/mol. The largest absolute Gasteiger partial charge is 0.488 e. The molecular weight excluding hydrogens is 407 g/mol. The third kappa shape index (κ3) is 2.93. The molecule has 0 aliphatic heterocycles. The molecule has 1 aromatic carbocycles. The normalized spacial score (nSPS) is 25.3. The number of benzene rings is 1. The predicted octanol–water partition coefficient (Wildman–Crippen LogP) is 5.55. The molecule has 0 amide bonds. The van der Waals surface area contributed by atoms with Crippen molar-refractivity contribution in [3.63, 3.8) is 0 Å². The van der Waals surface area contributed by atoms with Crippen molar-refractivity contribution in [3.8, 4) is 5.75 Å². The molecule has 28 heavy (non-hydrogen) atoms. The molecule has 1 aliphatic rings. The third-order valence-corrected chi connectivity index (χ3v) is 4.32. The molecule has 2 rings (SSSR count). The zero-order valence-electron chi connectivity index (χ0n) is 14.9. The highest BCUT2D eigenvalue weighted by Gasteiger charge is 3.00. The lowest BCUT2D eigenvalue weighted by Crippen LogP contribution is -2.55. The predicted molar refractivity (Wildman–Crippen MR) is 80.0 cm³/mol. The van der Waals surface area contributed by atoms with E-state index in [2.05, 4.69) is 0 Å². The number of hydrogen-bond acceptors (Lipinski definition) is 2. The Kier molecular flexibility index (Phi) is 4.99. The van der Waals surface area contributed by atoms with E-state index in [0.29, 0.717) is 0 Å². The fraction of sp³-hybridized carbons (Fsp3) is 0.647.